The van der Waals surface area contributed by atoms with E-state index in [4.69, 9.17) is 16.3 Å². The Kier molecular flexibility index (Phi) is 4.58. The molecule has 1 N–H and O–H groups in total. The second-order valence-corrected chi connectivity index (χ2v) is 4.19. The number of rotatable bonds is 5. The fourth-order valence-electron chi connectivity index (χ4n) is 1.63. The highest BCUT2D eigenvalue weighted by atomic mass is 35.5. The summed E-state index contributed by atoms with van der Waals surface area (Å²) in [5, 5.41) is 3.60. The van der Waals surface area contributed by atoms with Crippen LogP contribution < -0.4 is 10.1 Å². The molecule has 0 aliphatic heterocycles. The van der Waals surface area contributed by atoms with E-state index in [1.807, 2.05) is 24.3 Å². The van der Waals surface area contributed by atoms with Crippen LogP contribution in [0, 0.1) is 13.3 Å². The Labute approximate surface area is 117 Å². The Bertz CT molecular complexity index is 543. The number of aromatic nitrogens is 2. The summed E-state index contributed by atoms with van der Waals surface area (Å²) in [7, 11) is 1.65. The maximum Gasteiger partial charge on any atom is 0.138 e. The molecule has 98 valence electrons. The number of hydrogen-bond acceptors (Lipinski definition) is 4. The van der Waals surface area contributed by atoms with Crippen molar-refractivity contribution in [2.45, 2.75) is 6.54 Å². The molecule has 2 aromatic rings. The minimum absolute atomic E-state index is 0.391. The maximum atomic E-state index is 5.97. The second kappa shape index (κ2) is 6.38. The Morgan fingerprint density at radius 2 is 2.05 bits per heavy atom. The van der Waals surface area contributed by atoms with Crippen LogP contribution in [-0.2, 0) is 6.54 Å². The molecule has 0 spiro atoms. The summed E-state index contributed by atoms with van der Waals surface area (Å²) in [4.78, 5) is 8.07. The van der Waals surface area contributed by atoms with Gasteiger partial charge in [0.2, 0.25) is 0 Å². The summed E-state index contributed by atoms with van der Waals surface area (Å²) in [5.41, 5.74) is 1.82. The molecule has 0 fully saturated rings. The summed E-state index contributed by atoms with van der Waals surface area (Å²) >= 11 is 5.97. The van der Waals surface area contributed by atoms with Gasteiger partial charge in [0.15, 0.2) is 0 Å². The minimum Gasteiger partial charge on any atom is -0.497 e. The van der Waals surface area contributed by atoms with Gasteiger partial charge in [-0.05, 0) is 31.0 Å². The third-order valence-corrected chi connectivity index (χ3v) is 2.96. The third-order valence-electron chi connectivity index (χ3n) is 2.66. The van der Waals surface area contributed by atoms with Gasteiger partial charge in [-0.15, -0.1) is 0 Å². The van der Waals surface area contributed by atoms with Crippen molar-refractivity contribution in [2.75, 3.05) is 12.4 Å². The third kappa shape index (κ3) is 3.35. The molecular weight excluding hydrogens is 262 g/mol. The zero-order valence-corrected chi connectivity index (χ0v) is 11.3. The number of halogens is 1. The minimum atomic E-state index is 0.391. The highest BCUT2D eigenvalue weighted by Gasteiger charge is 2.07. The van der Waals surface area contributed by atoms with E-state index in [0.717, 1.165) is 11.3 Å². The van der Waals surface area contributed by atoms with Gasteiger partial charge in [0.05, 0.1) is 7.11 Å². The van der Waals surface area contributed by atoms with Gasteiger partial charge in [0.25, 0.3) is 0 Å². The van der Waals surface area contributed by atoms with E-state index in [1.54, 1.807) is 13.5 Å². The van der Waals surface area contributed by atoms with Crippen molar-refractivity contribution in [3.05, 3.63) is 60.2 Å². The number of benzene rings is 1. The van der Waals surface area contributed by atoms with Crippen molar-refractivity contribution < 1.29 is 4.74 Å². The SMILES string of the molecule is [CH2][CH]c1c(Cl)ncnc1NCc1ccc(OC)cc1. The van der Waals surface area contributed by atoms with Crippen molar-refractivity contribution in [3.63, 3.8) is 0 Å². The van der Waals surface area contributed by atoms with Crippen LogP contribution in [0.2, 0.25) is 5.15 Å². The molecular formula is C14H14ClN3O. The Morgan fingerprint density at radius 3 is 2.68 bits per heavy atom. The number of methoxy groups -OCH3 is 1. The monoisotopic (exact) mass is 275 g/mol. The predicted molar refractivity (Wildman–Crippen MR) is 76.1 cm³/mol. The molecule has 0 saturated carbocycles. The highest BCUT2D eigenvalue weighted by Crippen LogP contribution is 2.21. The van der Waals surface area contributed by atoms with Gasteiger partial charge in [0, 0.05) is 12.1 Å². The summed E-state index contributed by atoms with van der Waals surface area (Å²) < 4.78 is 5.11. The lowest BCUT2D eigenvalue weighted by Gasteiger charge is -2.10. The lowest BCUT2D eigenvalue weighted by molar-refractivity contribution is 0.414. The molecule has 2 rings (SSSR count). The maximum absolute atomic E-state index is 5.97. The molecule has 0 aliphatic carbocycles. The molecule has 0 atom stereocenters. The quantitative estimate of drug-likeness (QED) is 0.852. The van der Waals surface area contributed by atoms with Crippen LogP contribution in [-0.4, -0.2) is 17.1 Å². The van der Waals surface area contributed by atoms with Crippen molar-refractivity contribution in [1.29, 1.82) is 0 Å². The summed E-state index contributed by atoms with van der Waals surface area (Å²) in [5.74, 6) is 1.51. The van der Waals surface area contributed by atoms with E-state index in [0.29, 0.717) is 23.1 Å². The van der Waals surface area contributed by atoms with Crippen molar-refractivity contribution in [2.24, 2.45) is 0 Å². The summed E-state index contributed by atoms with van der Waals surface area (Å²) in [6, 6.07) is 7.81. The van der Waals surface area contributed by atoms with Crippen molar-refractivity contribution in [1.82, 2.24) is 9.97 Å². The lowest BCUT2D eigenvalue weighted by Crippen LogP contribution is -2.05. The van der Waals surface area contributed by atoms with Crippen LogP contribution in [0.1, 0.15) is 11.1 Å². The highest BCUT2D eigenvalue weighted by molar-refractivity contribution is 6.30. The van der Waals surface area contributed by atoms with Crippen LogP contribution in [0.5, 0.6) is 5.75 Å². The van der Waals surface area contributed by atoms with Crippen LogP contribution >= 0.6 is 11.6 Å². The van der Waals surface area contributed by atoms with Gasteiger partial charge in [-0.2, -0.15) is 0 Å². The molecule has 0 amide bonds. The van der Waals surface area contributed by atoms with Crippen LogP contribution in [0.25, 0.3) is 0 Å². The molecule has 19 heavy (non-hydrogen) atoms. The molecule has 0 unspecified atom stereocenters. The average Bonchev–Trinajstić information content (AvgIpc) is 2.45. The molecule has 0 aliphatic rings. The van der Waals surface area contributed by atoms with Gasteiger partial charge < -0.3 is 10.1 Å². The molecule has 4 nitrogen and oxygen atoms in total. The van der Waals surface area contributed by atoms with Gasteiger partial charge in [-0.1, -0.05) is 23.7 Å². The fourth-order valence-corrected chi connectivity index (χ4v) is 1.84. The number of nitrogens with one attached hydrogen (secondary N) is 1. The summed E-state index contributed by atoms with van der Waals surface area (Å²) in [6.07, 6.45) is 3.06. The Morgan fingerprint density at radius 1 is 1.32 bits per heavy atom. The first kappa shape index (κ1) is 13.6. The topological polar surface area (TPSA) is 47.0 Å². The van der Waals surface area contributed by atoms with Gasteiger partial charge in [-0.3, -0.25) is 0 Å². The van der Waals surface area contributed by atoms with Crippen molar-refractivity contribution >= 4 is 17.4 Å². The number of anilines is 1. The second-order valence-electron chi connectivity index (χ2n) is 3.83. The molecule has 1 aromatic heterocycles. The normalized spacial score (nSPS) is 10.3. The first-order valence-corrected chi connectivity index (χ1v) is 6.12. The fraction of sp³-hybridized carbons (Fsp3) is 0.143. The van der Waals surface area contributed by atoms with E-state index in [9.17, 15) is 0 Å². The zero-order chi connectivity index (χ0) is 13.7. The van der Waals surface area contributed by atoms with Crippen LogP contribution in [0.3, 0.4) is 0 Å². The smallest absolute Gasteiger partial charge is 0.138 e. The molecule has 0 saturated heterocycles. The lowest BCUT2D eigenvalue weighted by atomic mass is 10.2. The first-order valence-electron chi connectivity index (χ1n) is 5.74. The summed E-state index contributed by atoms with van der Waals surface area (Å²) in [6.45, 7) is 4.35. The zero-order valence-electron chi connectivity index (χ0n) is 10.6. The Hall–Kier alpha value is -1.81. The molecule has 1 aromatic carbocycles. The molecule has 0 bridgehead atoms. The van der Waals surface area contributed by atoms with Gasteiger partial charge >= 0.3 is 0 Å². The van der Waals surface area contributed by atoms with E-state index >= 15 is 0 Å². The number of nitrogens with zero attached hydrogens (tertiary/aromatic N) is 2. The van der Waals surface area contributed by atoms with Gasteiger partial charge in [-0.25, -0.2) is 9.97 Å². The van der Waals surface area contributed by atoms with E-state index in [-0.39, 0.29) is 0 Å². The van der Waals surface area contributed by atoms with Crippen LogP contribution in [0.4, 0.5) is 5.82 Å². The van der Waals surface area contributed by atoms with E-state index in [1.165, 1.54) is 6.33 Å². The van der Waals surface area contributed by atoms with Gasteiger partial charge in [0.1, 0.15) is 23.0 Å². The molecule has 1 heterocycles. The Balaban J connectivity index is 2.07. The largest absolute Gasteiger partial charge is 0.497 e. The standard InChI is InChI=1S/C14H14ClN3O/c1-3-12-13(15)17-9-18-14(12)16-8-10-4-6-11(19-2)7-5-10/h3-7,9H,1,8H2,2H3,(H,16,17,18). The number of hydrogen-bond donors (Lipinski definition) is 1. The van der Waals surface area contributed by atoms with E-state index < -0.39 is 0 Å². The number of ether oxygens (including phenoxy) is 1. The average molecular weight is 276 g/mol. The molecule has 5 heteroatoms. The first-order chi connectivity index (χ1) is 9.24. The molecule has 2 radical (unpaired) electrons. The van der Waals surface area contributed by atoms with E-state index in [2.05, 4.69) is 22.2 Å². The van der Waals surface area contributed by atoms with Crippen molar-refractivity contribution in [3.8, 4) is 5.75 Å². The van der Waals surface area contributed by atoms with Crippen LogP contribution in [0.15, 0.2) is 30.6 Å². The predicted octanol–water partition coefficient (Wildman–Crippen LogP) is 3.14.